The van der Waals surface area contributed by atoms with E-state index in [9.17, 15) is 14.4 Å². The molecule has 0 aromatic rings. The van der Waals surface area contributed by atoms with Crippen LogP contribution in [0, 0.1) is 5.41 Å². The molecule has 1 amide bonds. The van der Waals surface area contributed by atoms with Crippen molar-refractivity contribution in [2.75, 3.05) is 19.8 Å². The Morgan fingerprint density at radius 1 is 0.947 bits per heavy atom. The van der Waals surface area contributed by atoms with Crippen molar-refractivity contribution < 1.29 is 28.6 Å². The first kappa shape index (κ1) is 17.2. The molecule has 0 aliphatic heterocycles. The maximum Gasteiger partial charge on any atom is 0.404 e. The number of ether oxygens (including phenoxy) is 3. The van der Waals surface area contributed by atoms with E-state index in [1.54, 1.807) is 0 Å². The van der Waals surface area contributed by atoms with Crippen LogP contribution in [0.15, 0.2) is 0 Å². The molecule has 0 atom stereocenters. The van der Waals surface area contributed by atoms with Gasteiger partial charge in [0.05, 0.1) is 5.41 Å². The zero-order valence-electron chi connectivity index (χ0n) is 11.6. The Balaban J connectivity index is 4.79. The van der Waals surface area contributed by atoms with Gasteiger partial charge in [0.25, 0.3) is 0 Å². The Morgan fingerprint density at radius 3 is 1.68 bits per heavy atom. The molecule has 0 fully saturated rings. The molecule has 0 aromatic carbocycles. The highest BCUT2D eigenvalue weighted by Gasteiger charge is 2.34. The number of carbonyl (C=O) groups is 3. The summed E-state index contributed by atoms with van der Waals surface area (Å²) in [5.74, 6) is -0.912. The molecular formula is C12H21NO6. The molecule has 0 aliphatic carbocycles. The third-order valence-electron chi connectivity index (χ3n) is 2.46. The van der Waals surface area contributed by atoms with E-state index in [-0.39, 0.29) is 19.8 Å². The zero-order chi connectivity index (χ0) is 14.9. The number of rotatable bonds is 8. The summed E-state index contributed by atoms with van der Waals surface area (Å²) in [5, 5.41) is 0. The fourth-order valence-corrected chi connectivity index (χ4v) is 1.61. The molecule has 0 saturated heterocycles. The van der Waals surface area contributed by atoms with Crippen LogP contribution in [0.25, 0.3) is 0 Å². The minimum absolute atomic E-state index is 0.00324. The van der Waals surface area contributed by atoms with Crippen LogP contribution in [0.5, 0.6) is 0 Å². The lowest BCUT2D eigenvalue weighted by Crippen LogP contribution is -2.39. The van der Waals surface area contributed by atoms with Crippen molar-refractivity contribution in [1.82, 2.24) is 0 Å². The Kier molecular flexibility index (Phi) is 7.55. The highest BCUT2D eigenvalue weighted by atomic mass is 16.6. The molecule has 7 nitrogen and oxygen atoms in total. The third kappa shape index (κ3) is 8.01. The first-order chi connectivity index (χ1) is 8.81. The Labute approximate surface area is 112 Å². The monoisotopic (exact) mass is 275 g/mol. The summed E-state index contributed by atoms with van der Waals surface area (Å²) in [6.45, 7) is 4.39. The standard InChI is InChI=1S/C12H21NO6/c1-4-5-12(6-17-9(2)14,7-18-10(3)15)8-19-11(13)16/h4-8H2,1-3H3,(H2,13,16). The van der Waals surface area contributed by atoms with Gasteiger partial charge in [-0.25, -0.2) is 4.79 Å². The van der Waals surface area contributed by atoms with E-state index in [0.29, 0.717) is 6.42 Å². The van der Waals surface area contributed by atoms with Gasteiger partial charge in [0.1, 0.15) is 19.8 Å². The van der Waals surface area contributed by atoms with Gasteiger partial charge in [-0.1, -0.05) is 13.3 Å². The second-order valence-electron chi connectivity index (χ2n) is 4.42. The molecule has 7 heteroatoms. The molecule has 2 N–H and O–H groups in total. The average Bonchev–Trinajstić information content (AvgIpc) is 2.31. The minimum atomic E-state index is -0.925. The fourth-order valence-electron chi connectivity index (χ4n) is 1.61. The molecule has 0 saturated carbocycles. The summed E-state index contributed by atoms with van der Waals surface area (Å²) in [6, 6.07) is 0. The normalized spacial score (nSPS) is 10.7. The highest BCUT2D eigenvalue weighted by Crippen LogP contribution is 2.26. The van der Waals surface area contributed by atoms with Gasteiger partial charge in [-0.05, 0) is 6.42 Å². The summed E-state index contributed by atoms with van der Waals surface area (Å²) < 4.78 is 14.7. The lowest BCUT2D eigenvalue weighted by Gasteiger charge is -2.31. The number of amides is 1. The van der Waals surface area contributed by atoms with Gasteiger partial charge in [-0.3, -0.25) is 9.59 Å². The SMILES string of the molecule is CCCC(COC(C)=O)(COC(C)=O)COC(N)=O. The van der Waals surface area contributed by atoms with Crippen molar-refractivity contribution in [2.45, 2.75) is 33.6 Å². The van der Waals surface area contributed by atoms with Crippen LogP contribution in [0.2, 0.25) is 0 Å². The van der Waals surface area contributed by atoms with E-state index in [1.165, 1.54) is 13.8 Å². The highest BCUT2D eigenvalue weighted by molar-refractivity contribution is 5.66. The summed E-state index contributed by atoms with van der Waals surface area (Å²) in [7, 11) is 0. The van der Waals surface area contributed by atoms with Crippen molar-refractivity contribution in [1.29, 1.82) is 0 Å². The van der Waals surface area contributed by atoms with E-state index in [2.05, 4.69) is 0 Å². The summed E-state index contributed by atoms with van der Waals surface area (Å²) in [4.78, 5) is 32.5. The van der Waals surface area contributed by atoms with Crippen molar-refractivity contribution in [3.05, 3.63) is 0 Å². The van der Waals surface area contributed by atoms with Crippen molar-refractivity contribution in [3.8, 4) is 0 Å². The van der Waals surface area contributed by atoms with Gasteiger partial charge < -0.3 is 19.9 Å². The van der Waals surface area contributed by atoms with Crippen LogP contribution in [-0.2, 0) is 23.8 Å². The Hall–Kier alpha value is -1.79. The smallest absolute Gasteiger partial charge is 0.404 e. The number of primary amides is 1. The predicted octanol–water partition coefficient (Wildman–Crippen LogP) is 0.994. The fraction of sp³-hybridized carbons (Fsp3) is 0.750. The van der Waals surface area contributed by atoms with Crippen LogP contribution in [0.1, 0.15) is 33.6 Å². The van der Waals surface area contributed by atoms with Crippen molar-refractivity contribution in [2.24, 2.45) is 11.1 Å². The number of nitrogens with two attached hydrogens (primary N) is 1. The van der Waals surface area contributed by atoms with E-state index >= 15 is 0 Å². The summed E-state index contributed by atoms with van der Waals surface area (Å²) in [5.41, 5.74) is 4.17. The van der Waals surface area contributed by atoms with Gasteiger partial charge in [-0.15, -0.1) is 0 Å². The molecule has 0 unspecified atom stereocenters. The molecule has 0 bridgehead atoms. The molecule has 0 aliphatic rings. The third-order valence-corrected chi connectivity index (χ3v) is 2.46. The van der Waals surface area contributed by atoms with Crippen LogP contribution in [0.3, 0.4) is 0 Å². The number of carbonyl (C=O) groups excluding carboxylic acids is 3. The summed E-state index contributed by atoms with van der Waals surface area (Å²) >= 11 is 0. The molecule has 0 aromatic heterocycles. The van der Waals surface area contributed by atoms with E-state index < -0.39 is 23.4 Å². The second-order valence-corrected chi connectivity index (χ2v) is 4.42. The lowest BCUT2D eigenvalue weighted by atomic mass is 9.86. The molecule has 19 heavy (non-hydrogen) atoms. The van der Waals surface area contributed by atoms with Crippen LogP contribution in [0.4, 0.5) is 4.79 Å². The van der Waals surface area contributed by atoms with Gasteiger partial charge in [0.15, 0.2) is 0 Å². The molecule has 0 rings (SSSR count). The zero-order valence-corrected chi connectivity index (χ0v) is 11.6. The number of hydrogen-bond donors (Lipinski definition) is 1. The summed E-state index contributed by atoms with van der Waals surface area (Å²) in [6.07, 6.45) is 0.372. The first-order valence-corrected chi connectivity index (χ1v) is 6.00. The van der Waals surface area contributed by atoms with Crippen molar-refractivity contribution >= 4 is 18.0 Å². The number of esters is 2. The van der Waals surface area contributed by atoms with Crippen LogP contribution >= 0.6 is 0 Å². The molecule has 110 valence electrons. The van der Waals surface area contributed by atoms with Gasteiger partial charge in [-0.2, -0.15) is 0 Å². The minimum Gasteiger partial charge on any atom is -0.465 e. The van der Waals surface area contributed by atoms with Crippen molar-refractivity contribution in [3.63, 3.8) is 0 Å². The van der Waals surface area contributed by atoms with Crippen LogP contribution < -0.4 is 5.73 Å². The van der Waals surface area contributed by atoms with Gasteiger partial charge in [0, 0.05) is 13.8 Å². The predicted molar refractivity (Wildman–Crippen MR) is 66.1 cm³/mol. The molecular weight excluding hydrogens is 254 g/mol. The second kappa shape index (κ2) is 8.34. The lowest BCUT2D eigenvalue weighted by molar-refractivity contribution is -0.154. The average molecular weight is 275 g/mol. The quantitative estimate of drug-likeness (QED) is 0.523. The van der Waals surface area contributed by atoms with Gasteiger partial charge >= 0.3 is 18.0 Å². The molecule has 0 radical (unpaired) electrons. The molecule has 0 heterocycles. The number of hydrogen-bond acceptors (Lipinski definition) is 6. The molecule has 0 spiro atoms. The van der Waals surface area contributed by atoms with E-state index in [0.717, 1.165) is 6.42 Å². The van der Waals surface area contributed by atoms with Crippen LogP contribution in [-0.4, -0.2) is 37.9 Å². The Morgan fingerprint density at radius 2 is 1.37 bits per heavy atom. The van der Waals surface area contributed by atoms with E-state index in [4.69, 9.17) is 19.9 Å². The topological polar surface area (TPSA) is 105 Å². The maximum atomic E-state index is 10.9. The first-order valence-electron chi connectivity index (χ1n) is 6.00. The van der Waals surface area contributed by atoms with E-state index in [1.807, 2.05) is 6.92 Å². The maximum absolute atomic E-state index is 10.9. The van der Waals surface area contributed by atoms with Gasteiger partial charge in [0.2, 0.25) is 0 Å². The largest absolute Gasteiger partial charge is 0.465 e. The Bertz CT molecular complexity index is 283.